The zero-order chi connectivity index (χ0) is 22.0. The second-order valence-electron chi connectivity index (χ2n) is 8.42. The molecular formula is C27H27NO3. The smallest absolute Gasteiger partial charge is 0.407 e. The predicted octanol–water partition coefficient (Wildman–Crippen LogP) is 5.74. The molecule has 0 saturated carbocycles. The molecule has 1 atom stereocenters. The first kappa shape index (κ1) is 20.9. The van der Waals surface area contributed by atoms with Crippen LogP contribution in [0, 0.1) is 12.8 Å². The fourth-order valence-corrected chi connectivity index (χ4v) is 4.20. The second kappa shape index (κ2) is 8.76. The zero-order valence-electron chi connectivity index (χ0n) is 18.1. The number of aryl methyl sites for hydroxylation is 1. The summed E-state index contributed by atoms with van der Waals surface area (Å²) in [6.45, 7) is 6.04. The first-order valence-electron chi connectivity index (χ1n) is 10.7. The van der Waals surface area contributed by atoms with Gasteiger partial charge in [0.25, 0.3) is 0 Å². The highest BCUT2D eigenvalue weighted by Gasteiger charge is 2.30. The molecule has 0 aromatic heterocycles. The maximum Gasteiger partial charge on any atom is 0.407 e. The van der Waals surface area contributed by atoms with Crippen molar-refractivity contribution in [2.24, 2.45) is 5.92 Å². The Morgan fingerprint density at radius 3 is 1.97 bits per heavy atom. The van der Waals surface area contributed by atoms with E-state index in [-0.39, 0.29) is 24.2 Å². The number of carbonyl (C=O) groups is 2. The minimum Gasteiger partial charge on any atom is -0.449 e. The summed E-state index contributed by atoms with van der Waals surface area (Å²) in [6, 6.07) is 23.2. The highest BCUT2D eigenvalue weighted by atomic mass is 16.5. The van der Waals surface area contributed by atoms with Crippen LogP contribution < -0.4 is 5.32 Å². The second-order valence-corrected chi connectivity index (χ2v) is 8.42. The topological polar surface area (TPSA) is 55.4 Å². The number of rotatable bonds is 6. The highest BCUT2D eigenvalue weighted by Crippen LogP contribution is 2.44. The first-order valence-corrected chi connectivity index (χ1v) is 10.7. The maximum absolute atomic E-state index is 13.0. The molecule has 3 aromatic carbocycles. The number of ether oxygens (including phenoxy) is 1. The van der Waals surface area contributed by atoms with E-state index in [0.29, 0.717) is 5.56 Å². The van der Waals surface area contributed by atoms with E-state index >= 15 is 0 Å². The van der Waals surface area contributed by atoms with Gasteiger partial charge in [0, 0.05) is 11.5 Å². The molecule has 1 amide bonds. The van der Waals surface area contributed by atoms with E-state index in [0.717, 1.165) is 16.7 Å². The SMILES string of the molecule is Cc1ccc(C(=O)[C@@H](NC(=O)OCC2c3ccccc3-c3ccccc32)C(C)C)cc1. The fourth-order valence-electron chi connectivity index (χ4n) is 4.20. The Morgan fingerprint density at radius 1 is 0.871 bits per heavy atom. The summed E-state index contributed by atoms with van der Waals surface area (Å²) in [5.74, 6) is -0.179. The standard InChI is InChI=1S/C27H27NO3/c1-17(2)25(26(29)19-14-12-18(3)13-15-19)28-27(30)31-16-24-22-10-6-4-8-20(22)21-9-5-7-11-23(21)24/h4-15,17,24-25H,16H2,1-3H3,(H,28,30)/t25-/m0/s1. The van der Waals surface area contributed by atoms with E-state index < -0.39 is 12.1 Å². The van der Waals surface area contributed by atoms with Crippen LogP contribution in [0.4, 0.5) is 4.79 Å². The van der Waals surface area contributed by atoms with Gasteiger partial charge in [-0.3, -0.25) is 4.79 Å². The number of amides is 1. The van der Waals surface area contributed by atoms with E-state index in [4.69, 9.17) is 4.74 Å². The Morgan fingerprint density at radius 2 is 1.42 bits per heavy atom. The number of fused-ring (bicyclic) bond motifs is 3. The average Bonchev–Trinajstić information content (AvgIpc) is 3.10. The van der Waals surface area contributed by atoms with Crippen molar-refractivity contribution in [2.45, 2.75) is 32.7 Å². The van der Waals surface area contributed by atoms with E-state index in [1.54, 1.807) is 12.1 Å². The zero-order valence-corrected chi connectivity index (χ0v) is 18.1. The summed E-state index contributed by atoms with van der Waals surface area (Å²) in [5, 5.41) is 2.79. The molecule has 4 rings (SSSR count). The Hall–Kier alpha value is -3.40. The molecule has 31 heavy (non-hydrogen) atoms. The van der Waals surface area contributed by atoms with Crippen LogP contribution in [0.1, 0.15) is 46.8 Å². The van der Waals surface area contributed by atoms with Crippen molar-refractivity contribution >= 4 is 11.9 Å². The van der Waals surface area contributed by atoms with Crippen molar-refractivity contribution in [2.75, 3.05) is 6.61 Å². The lowest BCUT2D eigenvalue weighted by Gasteiger charge is -2.22. The van der Waals surface area contributed by atoms with Crippen LogP contribution >= 0.6 is 0 Å². The monoisotopic (exact) mass is 413 g/mol. The van der Waals surface area contributed by atoms with Crippen molar-refractivity contribution < 1.29 is 14.3 Å². The van der Waals surface area contributed by atoms with E-state index in [9.17, 15) is 9.59 Å². The minimum atomic E-state index is -0.640. The quantitative estimate of drug-likeness (QED) is 0.524. The van der Waals surface area contributed by atoms with Gasteiger partial charge in [-0.1, -0.05) is 92.2 Å². The normalized spacial score (nSPS) is 13.4. The third-order valence-electron chi connectivity index (χ3n) is 5.90. The molecule has 158 valence electrons. The molecule has 1 aliphatic rings. The van der Waals surface area contributed by atoms with Crippen LogP contribution in [0.5, 0.6) is 0 Å². The highest BCUT2D eigenvalue weighted by molar-refractivity contribution is 6.01. The van der Waals surface area contributed by atoms with Gasteiger partial charge in [-0.15, -0.1) is 0 Å². The summed E-state index contributed by atoms with van der Waals surface area (Å²) >= 11 is 0. The summed E-state index contributed by atoms with van der Waals surface area (Å²) in [5.41, 5.74) is 6.36. The lowest BCUT2D eigenvalue weighted by atomic mass is 9.94. The van der Waals surface area contributed by atoms with Crippen molar-refractivity contribution in [1.82, 2.24) is 5.32 Å². The van der Waals surface area contributed by atoms with Crippen LogP contribution in [-0.4, -0.2) is 24.5 Å². The van der Waals surface area contributed by atoms with Gasteiger partial charge in [-0.25, -0.2) is 4.79 Å². The molecular weight excluding hydrogens is 386 g/mol. The van der Waals surface area contributed by atoms with Crippen LogP contribution in [0.15, 0.2) is 72.8 Å². The molecule has 0 aliphatic heterocycles. The van der Waals surface area contributed by atoms with Crippen LogP contribution in [0.3, 0.4) is 0 Å². The largest absolute Gasteiger partial charge is 0.449 e. The number of Topliss-reactive ketones (excluding diaryl/α,β-unsaturated/α-hetero) is 1. The van der Waals surface area contributed by atoms with Gasteiger partial charge in [-0.05, 0) is 35.1 Å². The van der Waals surface area contributed by atoms with Gasteiger partial charge in [0.15, 0.2) is 5.78 Å². The molecule has 0 fully saturated rings. The molecule has 1 N–H and O–H groups in total. The van der Waals surface area contributed by atoms with Crippen LogP contribution in [0.2, 0.25) is 0 Å². The molecule has 0 spiro atoms. The lowest BCUT2D eigenvalue weighted by molar-refractivity contribution is 0.0889. The van der Waals surface area contributed by atoms with Gasteiger partial charge in [0.2, 0.25) is 0 Å². The molecule has 4 heteroatoms. The number of benzene rings is 3. The Labute approximate surface area is 183 Å². The van der Waals surface area contributed by atoms with E-state index in [1.165, 1.54) is 11.1 Å². The Bertz CT molecular complexity index is 1060. The van der Waals surface area contributed by atoms with Crippen LogP contribution in [-0.2, 0) is 4.74 Å². The van der Waals surface area contributed by atoms with Gasteiger partial charge in [0.05, 0.1) is 6.04 Å². The van der Waals surface area contributed by atoms with Crippen molar-refractivity contribution in [3.05, 3.63) is 95.1 Å². The summed E-state index contributed by atoms with van der Waals surface area (Å²) < 4.78 is 5.62. The number of carbonyl (C=O) groups excluding carboxylic acids is 2. The number of ketones is 1. The minimum absolute atomic E-state index is 0.0107. The number of alkyl carbamates (subject to hydrolysis) is 1. The third-order valence-corrected chi connectivity index (χ3v) is 5.90. The van der Waals surface area contributed by atoms with Gasteiger partial charge in [-0.2, -0.15) is 0 Å². The van der Waals surface area contributed by atoms with E-state index in [1.807, 2.05) is 57.2 Å². The molecule has 1 aliphatic carbocycles. The number of nitrogens with one attached hydrogen (secondary N) is 1. The molecule has 0 saturated heterocycles. The first-order chi connectivity index (χ1) is 15.0. The molecule has 0 unspecified atom stereocenters. The van der Waals surface area contributed by atoms with Gasteiger partial charge < -0.3 is 10.1 Å². The molecule has 0 heterocycles. The molecule has 0 bridgehead atoms. The van der Waals surface area contributed by atoms with Crippen molar-refractivity contribution in [3.8, 4) is 11.1 Å². The van der Waals surface area contributed by atoms with Crippen molar-refractivity contribution in [3.63, 3.8) is 0 Å². The van der Waals surface area contributed by atoms with Gasteiger partial charge in [0.1, 0.15) is 6.61 Å². The number of hydrogen-bond acceptors (Lipinski definition) is 3. The molecule has 3 aromatic rings. The Kier molecular flexibility index (Phi) is 5.90. The molecule has 4 nitrogen and oxygen atoms in total. The van der Waals surface area contributed by atoms with Crippen LogP contribution in [0.25, 0.3) is 11.1 Å². The maximum atomic E-state index is 13.0. The molecule has 0 radical (unpaired) electrons. The van der Waals surface area contributed by atoms with Gasteiger partial charge >= 0.3 is 6.09 Å². The van der Waals surface area contributed by atoms with E-state index in [2.05, 4.69) is 29.6 Å². The average molecular weight is 414 g/mol. The predicted molar refractivity (Wildman–Crippen MR) is 122 cm³/mol. The summed E-state index contributed by atoms with van der Waals surface area (Å²) in [6.07, 6.45) is -0.568. The fraction of sp³-hybridized carbons (Fsp3) is 0.259. The Balaban J connectivity index is 1.46. The van der Waals surface area contributed by atoms with Crippen molar-refractivity contribution in [1.29, 1.82) is 0 Å². The summed E-state index contributed by atoms with van der Waals surface area (Å²) in [7, 11) is 0. The lowest BCUT2D eigenvalue weighted by Crippen LogP contribution is -2.45. The third kappa shape index (κ3) is 4.24. The summed E-state index contributed by atoms with van der Waals surface area (Å²) in [4.78, 5) is 25.6. The number of hydrogen-bond donors (Lipinski definition) is 1.